The van der Waals surface area contributed by atoms with E-state index >= 15 is 0 Å². The van der Waals surface area contributed by atoms with Crippen LogP contribution in [0.3, 0.4) is 0 Å². The molecule has 0 heterocycles. The Morgan fingerprint density at radius 3 is 2.43 bits per heavy atom. The molecule has 0 spiro atoms. The Hall–Kier alpha value is -2.21. The third-order valence-electron chi connectivity index (χ3n) is 3.51. The maximum Gasteiger partial charge on any atom is 0.256 e. The highest BCUT2D eigenvalue weighted by molar-refractivity contribution is 9.10. The molecule has 1 aliphatic carbocycles. The highest BCUT2D eigenvalue weighted by Gasteiger charge is 2.29. The zero-order valence-electron chi connectivity index (χ0n) is 12.1. The number of carbonyl (C=O) groups excluding carboxylic acids is 2. The molecule has 0 aromatic heterocycles. The number of hydrogen-bond donors (Lipinski definition) is 2. The molecule has 2 aromatic rings. The number of hydrogen-bond acceptors (Lipinski definition) is 2. The van der Waals surface area contributed by atoms with E-state index in [0.717, 1.165) is 18.9 Å². The van der Waals surface area contributed by atoms with E-state index in [1.165, 1.54) is 12.1 Å². The maximum atomic E-state index is 13.3. The van der Waals surface area contributed by atoms with Crippen molar-refractivity contribution < 1.29 is 14.0 Å². The number of halogens is 2. The third kappa shape index (κ3) is 3.96. The van der Waals surface area contributed by atoms with Gasteiger partial charge in [0.15, 0.2) is 0 Å². The van der Waals surface area contributed by atoms with Gasteiger partial charge < -0.3 is 10.6 Å². The second kappa shape index (κ2) is 6.50. The van der Waals surface area contributed by atoms with Crippen LogP contribution in [-0.2, 0) is 4.79 Å². The lowest BCUT2D eigenvalue weighted by atomic mass is 10.2. The monoisotopic (exact) mass is 376 g/mol. The number of anilines is 2. The normalized spacial score (nSPS) is 13.5. The molecule has 1 saturated carbocycles. The van der Waals surface area contributed by atoms with E-state index < -0.39 is 11.7 Å². The topological polar surface area (TPSA) is 58.2 Å². The van der Waals surface area contributed by atoms with Crippen LogP contribution >= 0.6 is 15.9 Å². The summed E-state index contributed by atoms with van der Waals surface area (Å²) in [5, 5.41) is 5.52. The lowest BCUT2D eigenvalue weighted by Crippen LogP contribution is -2.15. The number of rotatable bonds is 4. The van der Waals surface area contributed by atoms with E-state index in [1.807, 2.05) is 0 Å². The Kier molecular flexibility index (Phi) is 4.43. The van der Waals surface area contributed by atoms with Gasteiger partial charge in [0.1, 0.15) is 5.82 Å². The van der Waals surface area contributed by atoms with Gasteiger partial charge in [-0.3, -0.25) is 9.59 Å². The van der Waals surface area contributed by atoms with E-state index in [4.69, 9.17) is 0 Å². The number of amides is 2. The predicted octanol–water partition coefficient (Wildman–Crippen LogP) is 4.19. The molecule has 1 aliphatic rings. The van der Waals surface area contributed by atoms with Gasteiger partial charge in [-0.05, 0) is 65.2 Å². The van der Waals surface area contributed by atoms with Crippen LogP contribution in [-0.4, -0.2) is 11.8 Å². The SMILES string of the molecule is O=C(Nc1cccc(NC(=O)C2CC2)c1)c1cc(F)ccc1Br. The molecule has 2 aromatic carbocycles. The van der Waals surface area contributed by atoms with E-state index in [1.54, 1.807) is 24.3 Å². The van der Waals surface area contributed by atoms with Crippen LogP contribution in [0.5, 0.6) is 0 Å². The van der Waals surface area contributed by atoms with E-state index in [0.29, 0.717) is 15.8 Å². The van der Waals surface area contributed by atoms with Crippen molar-refractivity contribution in [3.05, 3.63) is 58.3 Å². The molecule has 6 heteroatoms. The van der Waals surface area contributed by atoms with Crippen LogP contribution in [0, 0.1) is 11.7 Å². The lowest BCUT2D eigenvalue weighted by Gasteiger charge is -2.09. The fraction of sp³-hybridized carbons (Fsp3) is 0.176. The number of benzene rings is 2. The Labute approximate surface area is 141 Å². The molecule has 118 valence electrons. The van der Waals surface area contributed by atoms with E-state index in [-0.39, 0.29) is 17.4 Å². The summed E-state index contributed by atoms with van der Waals surface area (Å²) in [6, 6.07) is 10.8. The zero-order valence-corrected chi connectivity index (χ0v) is 13.7. The molecular formula is C17H14BrFN2O2. The molecule has 0 aliphatic heterocycles. The first kappa shape index (κ1) is 15.7. The van der Waals surface area contributed by atoms with Crippen molar-refractivity contribution in [3.63, 3.8) is 0 Å². The highest BCUT2D eigenvalue weighted by Crippen LogP contribution is 2.30. The van der Waals surface area contributed by atoms with Crippen molar-refractivity contribution in [2.45, 2.75) is 12.8 Å². The fourth-order valence-electron chi connectivity index (χ4n) is 2.13. The van der Waals surface area contributed by atoms with Crippen LogP contribution in [0.1, 0.15) is 23.2 Å². The first-order valence-corrected chi connectivity index (χ1v) is 7.99. The molecule has 23 heavy (non-hydrogen) atoms. The van der Waals surface area contributed by atoms with Crippen molar-refractivity contribution in [2.75, 3.05) is 10.6 Å². The maximum absolute atomic E-state index is 13.3. The third-order valence-corrected chi connectivity index (χ3v) is 4.20. The Morgan fingerprint density at radius 2 is 1.74 bits per heavy atom. The quantitative estimate of drug-likeness (QED) is 0.840. The first-order valence-electron chi connectivity index (χ1n) is 7.20. The standard InChI is InChI=1S/C17H14BrFN2O2/c18-15-7-6-11(19)8-14(15)17(23)21-13-3-1-2-12(9-13)20-16(22)10-4-5-10/h1-3,6-10H,4-5H2,(H,20,22)(H,21,23). The zero-order chi connectivity index (χ0) is 16.4. The second-order valence-corrected chi connectivity index (χ2v) is 6.28. The van der Waals surface area contributed by atoms with Gasteiger partial charge in [-0.25, -0.2) is 4.39 Å². The van der Waals surface area contributed by atoms with Crippen molar-refractivity contribution in [3.8, 4) is 0 Å². The van der Waals surface area contributed by atoms with Crippen LogP contribution < -0.4 is 10.6 Å². The minimum atomic E-state index is -0.483. The molecular weight excluding hydrogens is 363 g/mol. The highest BCUT2D eigenvalue weighted by atomic mass is 79.9. The summed E-state index contributed by atoms with van der Waals surface area (Å²) >= 11 is 3.23. The molecule has 2 N–H and O–H groups in total. The average molecular weight is 377 g/mol. The molecule has 0 radical (unpaired) electrons. The minimum Gasteiger partial charge on any atom is -0.326 e. The number of carbonyl (C=O) groups is 2. The van der Waals surface area contributed by atoms with Crippen LogP contribution in [0.25, 0.3) is 0 Å². The smallest absolute Gasteiger partial charge is 0.256 e. The Morgan fingerprint density at radius 1 is 1.04 bits per heavy atom. The molecule has 1 fully saturated rings. The molecule has 0 unspecified atom stereocenters. The summed E-state index contributed by atoms with van der Waals surface area (Å²) in [5.74, 6) is -0.802. The van der Waals surface area contributed by atoms with Crippen LogP contribution in [0.4, 0.5) is 15.8 Å². The molecule has 0 bridgehead atoms. The van der Waals surface area contributed by atoms with E-state index in [2.05, 4.69) is 26.6 Å². The van der Waals surface area contributed by atoms with Gasteiger partial charge in [-0.15, -0.1) is 0 Å². The Balaban J connectivity index is 1.73. The van der Waals surface area contributed by atoms with Gasteiger partial charge in [0.25, 0.3) is 5.91 Å². The predicted molar refractivity (Wildman–Crippen MR) is 89.8 cm³/mol. The van der Waals surface area contributed by atoms with Crippen molar-refractivity contribution in [1.29, 1.82) is 0 Å². The summed E-state index contributed by atoms with van der Waals surface area (Å²) in [5.41, 5.74) is 1.36. The summed E-state index contributed by atoms with van der Waals surface area (Å²) in [7, 11) is 0. The summed E-state index contributed by atoms with van der Waals surface area (Å²) in [6.07, 6.45) is 1.85. The van der Waals surface area contributed by atoms with Crippen LogP contribution in [0.2, 0.25) is 0 Å². The molecule has 3 rings (SSSR count). The Bertz CT molecular complexity index is 775. The summed E-state index contributed by atoms with van der Waals surface area (Å²) < 4.78 is 13.8. The van der Waals surface area contributed by atoms with Gasteiger partial charge in [0, 0.05) is 21.8 Å². The molecule has 0 atom stereocenters. The van der Waals surface area contributed by atoms with E-state index in [9.17, 15) is 14.0 Å². The van der Waals surface area contributed by atoms with Crippen molar-refractivity contribution in [2.24, 2.45) is 5.92 Å². The fourth-order valence-corrected chi connectivity index (χ4v) is 2.56. The largest absolute Gasteiger partial charge is 0.326 e. The first-order chi connectivity index (χ1) is 11.0. The van der Waals surface area contributed by atoms with Crippen LogP contribution in [0.15, 0.2) is 46.9 Å². The lowest BCUT2D eigenvalue weighted by molar-refractivity contribution is -0.117. The van der Waals surface area contributed by atoms with Crippen molar-refractivity contribution in [1.82, 2.24) is 0 Å². The molecule has 0 saturated heterocycles. The number of nitrogens with one attached hydrogen (secondary N) is 2. The van der Waals surface area contributed by atoms with Crippen molar-refractivity contribution >= 4 is 39.1 Å². The minimum absolute atomic E-state index is 0.00125. The summed E-state index contributed by atoms with van der Waals surface area (Å²) in [4.78, 5) is 24.0. The summed E-state index contributed by atoms with van der Waals surface area (Å²) in [6.45, 7) is 0. The molecule has 2 amide bonds. The molecule has 4 nitrogen and oxygen atoms in total. The van der Waals surface area contributed by atoms with Gasteiger partial charge in [0.05, 0.1) is 5.56 Å². The van der Waals surface area contributed by atoms with Gasteiger partial charge in [-0.1, -0.05) is 6.07 Å². The van der Waals surface area contributed by atoms with Gasteiger partial charge in [-0.2, -0.15) is 0 Å². The van der Waals surface area contributed by atoms with Gasteiger partial charge in [0.2, 0.25) is 5.91 Å². The second-order valence-electron chi connectivity index (χ2n) is 5.42. The average Bonchev–Trinajstić information content (AvgIpc) is 3.35. The van der Waals surface area contributed by atoms with Gasteiger partial charge >= 0.3 is 0 Å².